The van der Waals surface area contributed by atoms with E-state index in [0.717, 1.165) is 18.9 Å². The van der Waals surface area contributed by atoms with Gasteiger partial charge >= 0.3 is 0 Å². The number of hydrogen-bond acceptors (Lipinski definition) is 4. The second-order valence-corrected chi connectivity index (χ2v) is 2.82. The molecule has 0 unspecified atom stereocenters. The molecule has 0 bridgehead atoms. The predicted molar refractivity (Wildman–Crippen MR) is 57.8 cm³/mol. The van der Waals surface area contributed by atoms with Crippen LogP contribution in [0.4, 0.5) is 5.82 Å². The number of nitrogens with one attached hydrogen (secondary N) is 2. The number of nitrogens with zero attached hydrogens (tertiary/aromatic N) is 1. The van der Waals surface area contributed by atoms with Crippen molar-refractivity contribution in [3.8, 4) is 5.88 Å². The Hall–Kier alpha value is -1.29. The molecule has 4 heteroatoms. The summed E-state index contributed by atoms with van der Waals surface area (Å²) in [6.07, 6.45) is 0. The first kappa shape index (κ1) is 10.8. The summed E-state index contributed by atoms with van der Waals surface area (Å²) in [7, 11) is 1.92. The third kappa shape index (κ3) is 3.62. The van der Waals surface area contributed by atoms with Crippen LogP contribution in [-0.2, 0) is 0 Å². The van der Waals surface area contributed by atoms with Crippen LogP contribution in [0, 0.1) is 0 Å². The standard InChI is InChI=1S/C10H17N3O/c1-3-14-10-6-4-5-9(13-10)12-8-7-11-2/h4-6,11H,3,7-8H2,1-2H3,(H,12,13). The molecule has 0 saturated heterocycles. The van der Waals surface area contributed by atoms with Crippen LogP contribution in [0.1, 0.15) is 6.92 Å². The summed E-state index contributed by atoms with van der Waals surface area (Å²) < 4.78 is 5.29. The summed E-state index contributed by atoms with van der Waals surface area (Å²) in [6.45, 7) is 4.37. The van der Waals surface area contributed by atoms with E-state index in [1.807, 2.05) is 32.2 Å². The van der Waals surface area contributed by atoms with Crippen molar-refractivity contribution in [2.24, 2.45) is 0 Å². The highest BCUT2D eigenvalue weighted by Crippen LogP contribution is 2.10. The molecule has 0 saturated carbocycles. The van der Waals surface area contributed by atoms with Gasteiger partial charge in [0.2, 0.25) is 5.88 Å². The number of aromatic nitrogens is 1. The molecule has 4 nitrogen and oxygen atoms in total. The molecule has 2 N–H and O–H groups in total. The summed E-state index contributed by atoms with van der Waals surface area (Å²) >= 11 is 0. The molecule has 0 fully saturated rings. The fourth-order valence-corrected chi connectivity index (χ4v) is 1.06. The summed E-state index contributed by atoms with van der Waals surface area (Å²) in [4.78, 5) is 4.27. The van der Waals surface area contributed by atoms with Gasteiger partial charge in [0.1, 0.15) is 5.82 Å². The minimum absolute atomic E-state index is 0.646. The zero-order chi connectivity index (χ0) is 10.2. The SMILES string of the molecule is CCOc1cccc(NCCNC)n1. The molecule has 1 aromatic heterocycles. The van der Waals surface area contributed by atoms with E-state index in [1.54, 1.807) is 0 Å². The highest BCUT2D eigenvalue weighted by Gasteiger charge is 1.96. The molecule has 1 aromatic rings. The van der Waals surface area contributed by atoms with Gasteiger partial charge in [0.15, 0.2) is 0 Å². The number of pyridine rings is 1. The van der Waals surface area contributed by atoms with Gasteiger partial charge in [-0.05, 0) is 20.0 Å². The van der Waals surface area contributed by atoms with Gasteiger partial charge in [-0.3, -0.25) is 0 Å². The highest BCUT2D eigenvalue weighted by atomic mass is 16.5. The van der Waals surface area contributed by atoms with Gasteiger partial charge < -0.3 is 15.4 Å². The summed E-state index contributed by atoms with van der Waals surface area (Å²) in [5.41, 5.74) is 0. The fraction of sp³-hybridized carbons (Fsp3) is 0.500. The Labute approximate surface area is 84.7 Å². The Morgan fingerprint density at radius 1 is 1.36 bits per heavy atom. The smallest absolute Gasteiger partial charge is 0.215 e. The van der Waals surface area contributed by atoms with Crippen molar-refractivity contribution >= 4 is 5.82 Å². The minimum atomic E-state index is 0.646. The van der Waals surface area contributed by atoms with Crippen molar-refractivity contribution < 1.29 is 4.74 Å². The molecule has 14 heavy (non-hydrogen) atoms. The Kier molecular flexibility index (Phi) is 4.78. The highest BCUT2D eigenvalue weighted by molar-refractivity contribution is 5.36. The van der Waals surface area contributed by atoms with Gasteiger partial charge in [-0.15, -0.1) is 0 Å². The number of anilines is 1. The van der Waals surface area contributed by atoms with Crippen molar-refractivity contribution in [2.75, 3.05) is 32.1 Å². The molecule has 0 aromatic carbocycles. The summed E-state index contributed by atoms with van der Waals surface area (Å²) in [5.74, 6) is 1.52. The van der Waals surface area contributed by atoms with Gasteiger partial charge in [0, 0.05) is 19.2 Å². The van der Waals surface area contributed by atoms with E-state index in [0.29, 0.717) is 12.5 Å². The Morgan fingerprint density at radius 2 is 2.21 bits per heavy atom. The minimum Gasteiger partial charge on any atom is -0.478 e. The van der Waals surface area contributed by atoms with Crippen LogP contribution in [0.5, 0.6) is 5.88 Å². The molecular weight excluding hydrogens is 178 g/mol. The van der Waals surface area contributed by atoms with E-state index in [2.05, 4.69) is 15.6 Å². The van der Waals surface area contributed by atoms with Crippen molar-refractivity contribution in [1.82, 2.24) is 10.3 Å². The number of hydrogen-bond donors (Lipinski definition) is 2. The fourth-order valence-electron chi connectivity index (χ4n) is 1.06. The molecule has 0 amide bonds. The number of ether oxygens (including phenoxy) is 1. The molecule has 0 atom stereocenters. The topological polar surface area (TPSA) is 46.2 Å². The van der Waals surface area contributed by atoms with Crippen LogP contribution in [0.25, 0.3) is 0 Å². The Bertz CT molecular complexity index is 265. The van der Waals surface area contributed by atoms with Gasteiger partial charge in [-0.25, -0.2) is 0 Å². The molecule has 0 aliphatic heterocycles. The molecular formula is C10H17N3O. The van der Waals surface area contributed by atoms with E-state index >= 15 is 0 Å². The largest absolute Gasteiger partial charge is 0.478 e. The van der Waals surface area contributed by atoms with Crippen molar-refractivity contribution in [2.45, 2.75) is 6.92 Å². The van der Waals surface area contributed by atoms with Gasteiger partial charge in [-0.2, -0.15) is 4.98 Å². The molecule has 0 radical (unpaired) electrons. The number of likely N-dealkylation sites (N-methyl/N-ethyl adjacent to an activating group) is 1. The van der Waals surface area contributed by atoms with Crippen LogP contribution in [0.15, 0.2) is 18.2 Å². The van der Waals surface area contributed by atoms with E-state index < -0.39 is 0 Å². The Balaban J connectivity index is 2.46. The van der Waals surface area contributed by atoms with Crippen LogP contribution in [-0.4, -0.2) is 31.7 Å². The lowest BCUT2D eigenvalue weighted by molar-refractivity contribution is 0.327. The first-order chi connectivity index (χ1) is 6.86. The molecule has 0 aliphatic carbocycles. The van der Waals surface area contributed by atoms with Gasteiger partial charge in [-0.1, -0.05) is 6.07 Å². The van der Waals surface area contributed by atoms with Crippen molar-refractivity contribution in [3.63, 3.8) is 0 Å². The van der Waals surface area contributed by atoms with Crippen molar-refractivity contribution in [1.29, 1.82) is 0 Å². The second-order valence-electron chi connectivity index (χ2n) is 2.82. The summed E-state index contributed by atoms with van der Waals surface area (Å²) in [5, 5.41) is 6.25. The van der Waals surface area contributed by atoms with Crippen molar-refractivity contribution in [3.05, 3.63) is 18.2 Å². The maximum atomic E-state index is 5.29. The third-order valence-corrected chi connectivity index (χ3v) is 1.70. The lowest BCUT2D eigenvalue weighted by atomic mass is 10.4. The average Bonchev–Trinajstić information content (AvgIpc) is 2.19. The monoisotopic (exact) mass is 195 g/mol. The van der Waals surface area contributed by atoms with Gasteiger partial charge in [0.25, 0.3) is 0 Å². The molecule has 0 aliphatic rings. The first-order valence-corrected chi connectivity index (χ1v) is 4.85. The maximum Gasteiger partial charge on any atom is 0.215 e. The van der Waals surface area contributed by atoms with E-state index in [9.17, 15) is 0 Å². The van der Waals surface area contributed by atoms with E-state index in [4.69, 9.17) is 4.74 Å². The summed E-state index contributed by atoms with van der Waals surface area (Å²) in [6, 6.07) is 5.71. The second kappa shape index (κ2) is 6.21. The molecule has 1 rings (SSSR count). The van der Waals surface area contributed by atoms with Crippen LogP contribution in [0.3, 0.4) is 0 Å². The first-order valence-electron chi connectivity index (χ1n) is 4.85. The maximum absolute atomic E-state index is 5.29. The zero-order valence-electron chi connectivity index (χ0n) is 8.71. The Morgan fingerprint density at radius 3 is 2.93 bits per heavy atom. The molecule has 78 valence electrons. The van der Waals surface area contributed by atoms with Gasteiger partial charge in [0.05, 0.1) is 6.61 Å². The van der Waals surface area contributed by atoms with Crippen LogP contribution < -0.4 is 15.4 Å². The van der Waals surface area contributed by atoms with E-state index in [1.165, 1.54) is 0 Å². The quantitative estimate of drug-likeness (QED) is 0.667. The lowest BCUT2D eigenvalue weighted by Crippen LogP contribution is -2.18. The number of rotatable bonds is 6. The third-order valence-electron chi connectivity index (χ3n) is 1.70. The average molecular weight is 195 g/mol. The normalized spacial score (nSPS) is 9.86. The van der Waals surface area contributed by atoms with Crippen LogP contribution >= 0.6 is 0 Å². The molecule has 0 spiro atoms. The predicted octanol–water partition coefficient (Wildman–Crippen LogP) is 1.11. The van der Waals surface area contributed by atoms with E-state index in [-0.39, 0.29) is 0 Å². The molecule has 1 heterocycles. The van der Waals surface area contributed by atoms with Crippen LogP contribution in [0.2, 0.25) is 0 Å². The lowest BCUT2D eigenvalue weighted by Gasteiger charge is -2.06. The zero-order valence-corrected chi connectivity index (χ0v) is 8.71.